The molecule has 7 heteroatoms. The molecule has 1 unspecified atom stereocenters. The van der Waals surface area contributed by atoms with E-state index in [9.17, 15) is 4.79 Å². The third-order valence-electron chi connectivity index (χ3n) is 5.33. The van der Waals surface area contributed by atoms with Gasteiger partial charge >= 0.3 is 6.03 Å². The molecule has 1 fully saturated rings. The van der Waals surface area contributed by atoms with Gasteiger partial charge in [-0.15, -0.1) is 0 Å². The van der Waals surface area contributed by atoms with Gasteiger partial charge in [0.25, 0.3) is 0 Å². The Kier molecular flexibility index (Phi) is 7.36. The van der Waals surface area contributed by atoms with Crippen LogP contribution in [0.2, 0.25) is 5.02 Å². The highest BCUT2D eigenvalue weighted by molar-refractivity contribution is 6.30. The van der Waals surface area contributed by atoms with E-state index in [1.807, 2.05) is 14.1 Å². The van der Waals surface area contributed by atoms with Crippen molar-refractivity contribution >= 4 is 29.0 Å². The van der Waals surface area contributed by atoms with Crippen molar-refractivity contribution in [3.05, 3.63) is 59.1 Å². The van der Waals surface area contributed by atoms with Gasteiger partial charge in [0.05, 0.1) is 6.04 Å². The molecule has 2 aromatic carbocycles. The van der Waals surface area contributed by atoms with Gasteiger partial charge in [0.2, 0.25) is 0 Å². The van der Waals surface area contributed by atoms with Gasteiger partial charge in [-0.25, -0.2) is 4.79 Å². The molecule has 29 heavy (non-hydrogen) atoms. The second-order valence-electron chi connectivity index (χ2n) is 7.68. The minimum Gasteiger partial charge on any atom is -0.378 e. The number of likely N-dealkylation sites (N-methyl/N-ethyl adjacent to an activating group) is 1. The van der Waals surface area contributed by atoms with Crippen LogP contribution in [0.25, 0.3) is 0 Å². The van der Waals surface area contributed by atoms with E-state index in [1.54, 1.807) is 24.3 Å². The van der Waals surface area contributed by atoms with Crippen LogP contribution in [0, 0.1) is 0 Å². The van der Waals surface area contributed by atoms with E-state index in [2.05, 4.69) is 56.6 Å². The SMILES string of the molecule is CN1CCN(C(CNC(=O)Nc2ccc(Cl)cc2)c2ccc(N(C)C)cc2)CC1. The van der Waals surface area contributed by atoms with Gasteiger partial charge in [-0.2, -0.15) is 0 Å². The fourth-order valence-electron chi connectivity index (χ4n) is 3.48. The maximum absolute atomic E-state index is 12.4. The van der Waals surface area contributed by atoms with Crippen molar-refractivity contribution in [2.75, 3.05) is 64.1 Å². The number of halogens is 1. The summed E-state index contributed by atoms with van der Waals surface area (Å²) in [5, 5.41) is 6.56. The number of anilines is 2. The molecule has 2 amide bonds. The minimum absolute atomic E-state index is 0.135. The maximum Gasteiger partial charge on any atom is 0.319 e. The molecule has 0 radical (unpaired) electrons. The Labute approximate surface area is 178 Å². The van der Waals surface area contributed by atoms with Gasteiger partial charge < -0.3 is 20.4 Å². The number of benzene rings is 2. The molecule has 0 aliphatic carbocycles. The predicted molar refractivity (Wildman–Crippen MR) is 121 cm³/mol. The van der Waals surface area contributed by atoms with Gasteiger partial charge in [0.15, 0.2) is 0 Å². The van der Waals surface area contributed by atoms with Gasteiger partial charge in [-0.05, 0) is 49.0 Å². The van der Waals surface area contributed by atoms with E-state index >= 15 is 0 Å². The number of carbonyl (C=O) groups excluding carboxylic acids is 1. The maximum atomic E-state index is 12.4. The Hall–Kier alpha value is -2.28. The molecule has 2 aromatic rings. The van der Waals surface area contributed by atoms with Crippen LogP contribution in [-0.2, 0) is 0 Å². The topological polar surface area (TPSA) is 50.9 Å². The first-order chi connectivity index (χ1) is 13.9. The number of carbonyl (C=O) groups is 1. The van der Waals surface area contributed by atoms with E-state index in [0.29, 0.717) is 11.6 Å². The van der Waals surface area contributed by atoms with Crippen LogP contribution in [0.5, 0.6) is 0 Å². The molecule has 0 spiro atoms. The highest BCUT2D eigenvalue weighted by atomic mass is 35.5. The molecule has 1 saturated heterocycles. The van der Waals surface area contributed by atoms with E-state index in [-0.39, 0.29) is 12.1 Å². The lowest BCUT2D eigenvalue weighted by Crippen LogP contribution is -2.48. The van der Waals surface area contributed by atoms with Crippen molar-refractivity contribution in [2.24, 2.45) is 0 Å². The second kappa shape index (κ2) is 9.96. The third-order valence-corrected chi connectivity index (χ3v) is 5.58. The smallest absolute Gasteiger partial charge is 0.319 e. The van der Waals surface area contributed by atoms with Crippen LogP contribution in [-0.4, -0.2) is 69.7 Å². The summed E-state index contributed by atoms with van der Waals surface area (Å²) in [6.07, 6.45) is 0. The van der Waals surface area contributed by atoms with E-state index in [0.717, 1.165) is 31.9 Å². The van der Waals surface area contributed by atoms with Crippen LogP contribution >= 0.6 is 11.6 Å². The molecule has 3 rings (SSSR count). The normalized spacial score (nSPS) is 16.3. The van der Waals surface area contributed by atoms with Crippen LogP contribution in [0.1, 0.15) is 11.6 Å². The van der Waals surface area contributed by atoms with Crippen molar-refractivity contribution in [1.82, 2.24) is 15.1 Å². The van der Waals surface area contributed by atoms with E-state index in [1.165, 1.54) is 11.3 Å². The Morgan fingerprint density at radius 3 is 2.24 bits per heavy atom. The van der Waals surface area contributed by atoms with Crippen LogP contribution < -0.4 is 15.5 Å². The largest absolute Gasteiger partial charge is 0.378 e. The monoisotopic (exact) mass is 415 g/mol. The second-order valence-corrected chi connectivity index (χ2v) is 8.12. The molecule has 0 aromatic heterocycles. The number of rotatable bonds is 6. The highest BCUT2D eigenvalue weighted by Gasteiger charge is 2.24. The summed E-state index contributed by atoms with van der Waals surface area (Å²) in [5.74, 6) is 0. The fourth-order valence-corrected chi connectivity index (χ4v) is 3.61. The summed E-state index contributed by atoms with van der Waals surface area (Å²) >= 11 is 5.91. The summed E-state index contributed by atoms with van der Waals surface area (Å²) in [6, 6.07) is 15.6. The zero-order chi connectivity index (χ0) is 20.8. The molecule has 2 N–H and O–H groups in total. The van der Waals surface area contributed by atoms with Crippen LogP contribution in [0.15, 0.2) is 48.5 Å². The lowest BCUT2D eigenvalue weighted by Gasteiger charge is -2.38. The van der Waals surface area contributed by atoms with Crippen molar-refractivity contribution in [2.45, 2.75) is 6.04 Å². The molecule has 1 aliphatic heterocycles. The Bertz CT molecular complexity index is 786. The Morgan fingerprint density at radius 1 is 1.03 bits per heavy atom. The van der Waals surface area contributed by atoms with Gasteiger partial charge in [0, 0.05) is 63.2 Å². The Balaban J connectivity index is 1.67. The number of amides is 2. The number of piperazine rings is 1. The summed E-state index contributed by atoms with van der Waals surface area (Å²) in [6.45, 7) is 4.57. The minimum atomic E-state index is -0.212. The van der Waals surface area contributed by atoms with Crippen molar-refractivity contribution in [3.8, 4) is 0 Å². The van der Waals surface area contributed by atoms with Crippen LogP contribution in [0.3, 0.4) is 0 Å². The lowest BCUT2D eigenvalue weighted by atomic mass is 10.0. The first-order valence-corrected chi connectivity index (χ1v) is 10.3. The quantitative estimate of drug-likeness (QED) is 0.758. The van der Waals surface area contributed by atoms with Gasteiger partial charge in [-0.3, -0.25) is 4.90 Å². The zero-order valence-corrected chi connectivity index (χ0v) is 18.1. The standard InChI is InChI=1S/C22H30ClN5O/c1-26(2)20-10-4-17(5-11-20)21(28-14-12-27(3)13-15-28)16-24-22(29)25-19-8-6-18(23)7-9-19/h4-11,21H,12-16H2,1-3H3,(H2,24,25,29). The highest BCUT2D eigenvalue weighted by Crippen LogP contribution is 2.24. The summed E-state index contributed by atoms with van der Waals surface area (Å²) in [7, 11) is 6.22. The Morgan fingerprint density at radius 2 is 1.66 bits per heavy atom. The molecule has 0 bridgehead atoms. The van der Waals surface area contributed by atoms with Crippen molar-refractivity contribution in [1.29, 1.82) is 0 Å². The van der Waals surface area contributed by atoms with E-state index in [4.69, 9.17) is 11.6 Å². The average molecular weight is 416 g/mol. The van der Waals surface area contributed by atoms with Crippen molar-refractivity contribution in [3.63, 3.8) is 0 Å². The lowest BCUT2D eigenvalue weighted by molar-refractivity contribution is 0.111. The molecule has 1 aliphatic rings. The molecule has 156 valence electrons. The van der Waals surface area contributed by atoms with Crippen molar-refractivity contribution < 1.29 is 4.79 Å². The molecular weight excluding hydrogens is 386 g/mol. The average Bonchev–Trinajstić information content (AvgIpc) is 2.71. The van der Waals surface area contributed by atoms with Crippen LogP contribution in [0.4, 0.5) is 16.2 Å². The molecule has 1 atom stereocenters. The fraction of sp³-hybridized carbons (Fsp3) is 0.409. The first kappa shape index (κ1) is 21.4. The number of nitrogens with zero attached hydrogens (tertiary/aromatic N) is 3. The number of nitrogens with one attached hydrogen (secondary N) is 2. The molecule has 1 heterocycles. The summed E-state index contributed by atoms with van der Waals surface area (Å²) < 4.78 is 0. The number of urea groups is 1. The number of hydrogen-bond acceptors (Lipinski definition) is 4. The summed E-state index contributed by atoms with van der Waals surface area (Å²) in [5.41, 5.74) is 3.10. The third kappa shape index (κ3) is 6.10. The summed E-state index contributed by atoms with van der Waals surface area (Å²) in [4.78, 5) is 19.3. The molecule has 6 nitrogen and oxygen atoms in total. The van der Waals surface area contributed by atoms with E-state index < -0.39 is 0 Å². The molecule has 0 saturated carbocycles. The first-order valence-electron chi connectivity index (χ1n) is 9.92. The zero-order valence-electron chi connectivity index (χ0n) is 17.4. The van der Waals surface area contributed by atoms with Gasteiger partial charge in [0.1, 0.15) is 0 Å². The molecular formula is C22H30ClN5O. The predicted octanol–water partition coefficient (Wildman–Crippen LogP) is 3.52. The number of hydrogen-bond donors (Lipinski definition) is 2. The van der Waals surface area contributed by atoms with Gasteiger partial charge in [-0.1, -0.05) is 23.7 Å².